The van der Waals surface area contributed by atoms with Gasteiger partial charge in [-0.05, 0) is 89.5 Å². The molecule has 194 valence electrons. The minimum absolute atomic E-state index is 0.114. The third kappa shape index (κ3) is 8.04. The van der Waals surface area contributed by atoms with Crippen LogP contribution in [0.1, 0.15) is 50.5 Å². The summed E-state index contributed by atoms with van der Waals surface area (Å²) in [5.74, 6) is 0.495. The lowest BCUT2D eigenvalue weighted by atomic mass is 9.88. The molecule has 2 aliphatic heterocycles. The molecule has 6 nitrogen and oxygen atoms in total. The number of nitrogens with one attached hydrogen (secondary N) is 1. The highest BCUT2D eigenvalue weighted by atomic mass is 32.1. The van der Waals surface area contributed by atoms with Gasteiger partial charge in [-0.15, -0.1) is 11.3 Å². The zero-order chi connectivity index (χ0) is 25.3. The molecule has 2 aromatic rings. The summed E-state index contributed by atoms with van der Waals surface area (Å²) in [7, 11) is 1.99. The van der Waals surface area contributed by atoms with Crippen molar-refractivity contribution in [3.8, 4) is 5.75 Å². The van der Waals surface area contributed by atoms with Crippen molar-refractivity contribution in [2.75, 3.05) is 39.8 Å². The van der Waals surface area contributed by atoms with E-state index in [0.717, 1.165) is 51.0 Å². The summed E-state index contributed by atoms with van der Waals surface area (Å²) >= 11 is 1.85. The number of hydrogen-bond donors (Lipinski definition) is 2. The van der Waals surface area contributed by atoms with E-state index in [4.69, 9.17) is 4.74 Å². The van der Waals surface area contributed by atoms with Crippen molar-refractivity contribution in [1.82, 2.24) is 15.1 Å². The Balaban J connectivity index is 0.000000287. The summed E-state index contributed by atoms with van der Waals surface area (Å²) in [5, 5.41) is 15.2. The molecule has 1 amide bonds. The Morgan fingerprint density at radius 2 is 1.91 bits per heavy atom. The SMILES string of the molecule is CC1OC2(CCN(CCc3ccccc3O)CC2)CN(C(C)C)C1=O.CNCCCc1cccs1. The van der Waals surface area contributed by atoms with E-state index < -0.39 is 0 Å². The number of phenolic OH excluding ortho intramolecular Hbond substituents is 1. The van der Waals surface area contributed by atoms with Gasteiger partial charge in [0.15, 0.2) is 0 Å². The number of aryl methyl sites for hydroxylation is 1. The van der Waals surface area contributed by atoms with Gasteiger partial charge in [-0.1, -0.05) is 24.3 Å². The second-order valence-corrected chi connectivity index (χ2v) is 11.0. The quantitative estimate of drug-likeness (QED) is 0.528. The van der Waals surface area contributed by atoms with Crippen LogP contribution in [0.2, 0.25) is 0 Å². The smallest absolute Gasteiger partial charge is 0.251 e. The highest BCUT2D eigenvalue weighted by Crippen LogP contribution is 2.33. The van der Waals surface area contributed by atoms with Crippen molar-refractivity contribution in [2.45, 2.75) is 70.6 Å². The van der Waals surface area contributed by atoms with Crippen LogP contribution < -0.4 is 5.32 Å². The van der Waals surface area contributed by atoms with Gasteiger partial charge >= 0.3 is 0 Å². The van der Waals surface area contributed by atoms with Crippen molar-refractivity contribution in [1.29, 1.82) is 0 Å². The fraction of sp³-hybridized carbons (Fsp3) is 0.607. The van der Waals surface area contributed by atoms with E-state index in [1.54, 1.807) is 6.07 Å². The Morgan fingerprint density at radius 1 is 1.17 bits per heavy atom. The molecule has 0 radical (unpaired) electrons. The van der Waals surface area contributed by atoms with Gasteiger partial charge in [0, 0.05) is 30.6 Å². The van der Waals surface area contributed by atoms with Crippen LogP contribution in [0.15, 0.2) is 41.8 Å². The van der Waals surface area contributed by atoms with Gasteiger partial charge in [0.25, 0.3) is 5.91 Å². The van der Waals surface area contributed by atoms with Gasteiger partial charge in [0.05, 0.1) is 12.1 Å². The predicted molar refractivity (Wildman–Crippen MR) is 144 cm³/mol. The predicted octanol–water partition coefficient (Wildman–Crippen LogP) is 4.33. The Kier molecular flexibility index (Phi) is 10.6. The topological polar surface area (TPSA) is 65.0 Å². The zero-order valence-corrected chi connectivity index (χ0v) is 22.7. The highest BCUT2D eigenvalue weighted by molar-refractivity contribution is 7.09. The van der Waals surface area contributed by atoms with Gasteiger partial charge < -0.3 is 25.0 Å². The first-order valence-corrected chi connectivity index (χ1v) is 13.9. The first-order valence-electron chi connectivity index (χ1n) is 13.0. The summed E-state index contributed by atoms with van der Waals surface area (Å²) < 4.78 is 6.18. The van der Waals surface area contributed by atoms with E-state index in [1.165, 1.54) is 17.7 Å². The van der Waals surface area contributed by atoms with Crippen molar-refractivity contribution in [3.63, 3.8) is 0 Å². The number of piperidine rings is 1. The molecule has 0 aliphatic carbocycles. The molecule has 1 atom stereocenters. The van der Waals surface area contributed by atoms with E-state index >= 15 is 0 Å². The van der Waals surface area contributed by atoms with Crippen LogP contribution in [0.4, 0.5) is 0 Å². The highest BCUT2D eigenvalue weighted by Gasteiger charge is 2.45. The fourth-order valence-electron chi connectivity index (χ4n) is 4.88. The molecular weight excluding hydrogens is 458 g/mol. The van der Waals surface area contributed by atoms with Gasteiger partial charge in [-0.25, -0.2) is 0 Å². The zero-order valence-electron chi connectivity index (χ0n) is 21.8. The van der Waals surface area contributed by atoms with Crippen LogP contribution in [0.3, 0.4) is 0 Å². The summed E-state index contributed by atoms with van der Waals surface area (Å²) in [4.78, 5) is 18.2. The lowest BCUT2D eigenvalue weighted by Crippen LogP contribution is -2.62. The largest absolute Gasteiger partial charge is 0.508 e. The number of benzene rings is 1. The summed E-state index contributed by atoms with van der Waals surface area (Å²) in [6, 6.07) is 12.1. The Labute approximate surface area is 215 Å². The maximum absolute atomic E-state index is 12.3. The second kappa shape index (κ2) is 13.4. The van der Waals surface area contributed by atoms with E-state index in [2.05, 4.69) is 41.6 Å². The number of morpholine rings is 1. The monoisotopic (exact) mass is 501 g/mol. The van der Waals surface area contributed by atoms with Crippen molar-refractivity contribution < 1.29 is 14.6 Å². The summed E-state index contributed by atoms with van der Waals surface area (Å²) in [6.07, 6.45) is 4.88. The Morgan fingerprint density at radius 3 is 2.54 bits per heavy atom. The fourth-order valence-corrected chi connectivity index (χ4v) is 5.63. The molecule has 2 N–H and O–H groups in total. The molecule has 1 unspecified atom stereocenters. The first kappa shape index (κ1) is 27.7. The molecule has 35 heavy (non-hydrogen) atoms. The van der Waals surface area contributed by atoms with Crippen molar-refractivity contribution in [2.24, 2.45) is 0 Å². The Hall–Kier alpha value is -1.93. The minimum atomic E-state index is -0.344. The maximum atomic E-state index is 12.3. The van der Waals surface area contributed by atoms with Gasteiger partial charge in [0.1, 0.15) is 11.9 Å². The molecule has 1 aromatic carbocycles. The molecule has 3 heterocycles. The number of para-hydroxylation sites is 1. The number of ether oxygens (including phenoxy) is 1. The molecule has 7 heteroatoms. The van der Waals surface area contributed by atoms with E-state index in [1.807, 2.05) is 48.4 Å². The summed E-state index contributed by atoms with van der Waals surface area (Å²) in [6.45, 7) is 10.7. The standard InChI is InChI=1S/C20H30N2O3.C8H13NS/c1-15(2)22-14-20(25-16(3)19(22)24)9-12-21(13-10-20)11-8-17-6-4-5-7-18(17)23;1-9-6-2-4-8-5-3-7-10-8/h4-7,15-16,23H,8-14H2,1-3H3;3,5,7,9H,2,4,6H2,1H3. The molecule has 2 fully saturated rings. The number of phenols is 1. The average Bonchev–Trinajstić information content (AvgIpc) is 3.36. The van der Waals surface area contributed by atoms with Gasteiger partial charge in [0.2, 0.25) is 0 Å². The van der Waals surface area contributed by atoms with E-state index in [9.17, 15) is 9.90 Å². The molecule has 2 aliphatic rings. The normalized spacial score (nSPS) is 20.2. The third-order valence-corrected chi connectivity index (χ3v) is 7.96. The van der Waals surface area contributed by atoms with E-state index in [-0.39, 0.29) is 23.7 Å². The van der Waals surface area contributed by atoms with Crippen LogP contribution in [0.25, 0.3) is 0 Å². The van der Waals surface area contributed by atoms with Crippen molar-refractivity contribution in [3.05, 3.63) is 52.2 Å². The first-order chi connectivity index (χ1) is 16.8. The van der Waals surface area contributed by atoms with Crippen LogP contribution in [-0.4, -0.2) is 78.3 Å². The maximum Gasteiger partial charge on any atom is 0.251 e. The number of rotatable bonds is 8. The number of thiophene rings is 1. The van der Waals surface area contributed by atoms with Crippen LogP contribution in [-0.2, 0) is 22.4 Å². The third-order valence-electron chi connectivity index (χ3n) is 7.03. The molecule has 1 aromatic heterocycles. The van der Waals surface area contributed by atoms with Crippen LogP contribution >= 0.6 is 11.3 Å². The van der Waals surface area contributed by atoms with Crippen molar-refractivity contribution >= 4 is 17.2 Å². The number of amides is 1. The molecule has 0 bridgehead atoms. The molecule has 4 rings (SSSR count). The lowest BCUT2D eigenvalue weighted by molar-refractivity contribution is -0.192. The number of hydrogen-bond acceptors (Lipinski definition) is 6. The Bertz CT molecular complexity index is 895. The number of aromatic hydroxyl groups is 1. The molecule has 1 spiro atoms. The number of carbonyl (C=O) groups is 1. The van der Waals surface area contributed by atoms with E-state index in [0.29, 0.717) is 12.3 Å². The second-order valence-electron chi connectivity index (χ2n) is 10.0. The number of likely N-dealkylation sites (tertiary alicyclic amines) is 1. The number of carbonyl (C=O) groups excluding carboxylic acids is 1. The van der Waals surface area contributed by atoms with Gasteiger partial charge in [-0.2, -0.15) is 0 Å². The van der Waals surface area contributed by atoms with Crippen LogP contribution in [0.5, 0.6) is 5.75 Å². The van der Waals surface area contributed by atoms with Crippen LogP contribution in [0, 0.1) is 0 Å². The molecule has 2 saturated heterocycles. The van der Waals surface area contributed by atoms with Gasteiger partial charge in [-0.3, -0.25) is 4.79 Å². The average molecular weight is 502 g/mol. The molecule has 0 saturated carbocycles. The molecular formula is C28H43N3O3S. The number of nitrogens with zero attached hydrogens (tertiary/aromatic N) is 2. The summed E-state index contributed by atoms with van der Waals surface area (Å²) in [5.41, 5.74) is 0.810. The lowest BCUT2D eigenvalue weighted by Gasteiger charge is -2.50. The minimum Gasteiger partial charge on any atom is -0.508 e.